The molecule has 11 heteroatoms. The summed E-state index contributed by atoms with van der Waals surface area (Å²) in [4.78, 5) is 32.3. The van der Waals surface area contributed by atoms with Gasteiger partial charge in [-0.1, -0.05) is 5.16 Å². The van der Waals surface area contributed by atoms with Crippen LogP contribution in [0.25, 0.3) is 22.3 Å². The number of anilines is 1. The standard InChI is InChI=1S/C21H18N8O3/c1-27-8-22-20-18(27)21(30)29(9-23-20)7-16-25-19(26-32-16)17-12-5-28(6-13(12)17)11-2-3-15-14(4-11)24-10-31-15/h2-4,8-10,12-13,17H,5-7H2,1H3/t12-,13+,17+. The third-order valence-corrected chi connectivity index (χ3v) is 6.66. The van der Waals surface area contributed by atoms with E-state index in [4.69, 9.17) is 8.94 Å². The lowest BCUT2D eigenvalue weighted by atomic mass is 10.2. The minimum atomic E-state index is -0.183. The molecule has 7 rings (SSSR count). The predicted molar refractivity (Wildman–Crippen MR) is 112 cm³/mol. The average Bonchev–Trinajstić information content (AvgIpc) is 3.38. The lowest BCUT2D eigenvalue weighted by Gasteiger charge is -2.21. The Morgan fingerprint density at radius 1 is 1.12 bits per heavy atom. The van der Waals surface area contributed by atoms with Gasteiger partial charge in [0.2, 0.25) is 5.89 Å². The van der Waals surface area contributed by atoms with E-state index in [1.165, 1.54) is 17.3 Å². The summed E-state index contributed by atoms with van der Waals surface area (Å²) < 4.78 is 13.9. The molecule has 2 aliphatic rings. The lowest BCUT2D eigenvalue weighted by molar-refractivity contribution is 0.363. The molecule has 1 aromatic carbocycles. The zero-order valence-electron chi connectivity index (χ0n) is 17.1. The van der Waals surface area contributed by atoms with Crippen LogP contribution in [-0.4, -0.2) is 47.3 Å². The molecule has 0 spiro atoms. The van der Waals surface area contributed by atoms with Crippen LogP contribution in [0, 0.1) is 11.8 Å². The van der Waals surface area contributed by atoms with Gasteiger partial charge in [0.05, 0.1) is 6.33 Å². The maximum atomic E-state index is 12.7. The molecule has 0 bridgehead atoms. The van der Waals surface area contributed by atoms with Crippen molar-refractivity contribution in [1.29, 1.82) is 0 Å². The summed E-state index contributed by atoms with van der Waals surface area (Å²) in [6.07, 6.45) is 4.52. The molecule has 160 valence electrons. The first-order valence-corrected chi connectivity index (χ1v) is 10.4. The fraction of sp³-hybridized carbons (Fsp3) is 0.333. The molecule has 3 atom stereocenters. The van der Waals surface area contributed by atoms with Crippen molar-refractivity contribution in [3.8, 4) is 0 Å². The van der Waals surface area contributed by atoms with Crippen molar-refractivity contribution in [1.82, 2.24) is 34.2 Å². The zero-order valence-corrected chi connectivity index (χ0v) is 17.1. The third kappa shape index (κ3) is 2.53. The van der Waals surface area contributed by atoms with Gasteiger partial charge in [-0.05, 0) is 30.0 Å². The average molecular weight is 430 g/mol. The molecule has 1 saturated heterocycles. The first-order chi connectivity index (χ1) is 15.7. The Hall–Kier alpha value is -4.02. The molecule has 32 heavy (non-hydrogen) atoms. The van der Waals surface area contributed by atoms with Gasteiger partial charge in [-0.2, -0.15) is 4.98 Å². The number of aryl methyl sites for hydroxylation is 1. The van der Waals surface area contributed by atoms with Gasteiger partial charge in [-0.3, -0.25) is 9.36 Å². The number of benzene rings is 1. The Balaban J connectivity index is 1.07. The number of hydrogen-bond acceptors (Lipinski definition) is 9. The van der Waals surface area contributed by atoms with Crippen LogP contribution >= 0.6 is 0 Å². The van der Waals surface area contributed by atoms with Gasteiger partial charge in [0.25, 0.3) is 5.56 Å². The highest BCUT2D eigenvalue weighted by Gasteiger charge is 2.58. The minimum absolute atomic E-state index is 0.183. The van der Waals surface area contributed by atoms with Crippen molar-refractivity contribution in [2.24, 2.45) is 18.9 Å². The summed E-state index contributed by atoms with van der Waals surface area (Å²) in [5.74, 6) is 2.44. The molecule has 0 unspecified atom stereocenters. The number of nitrogens with zero attached hydrogens (tertiary/aromatic N) is 8. The maximum Gasteiger partial charge on any atom is 0.280 e. The van der Waals surface area contributed by atoms with Crippen molar-refractivity contribution in [3.63, 3.8) is 0 Å². The van der Waals surface area contributed by atoms with Crippen molar-refractivity contribution in [3.05, 3.63) is 59.3 Å². The van der Waals surface area contributed by atoms with Gasteiger partial charge < -0.3 is 18.4 Å². The quantitative estimate of drug-likeness (QED) is 0.418. The van der Waals surface area contributed by atoms with E-state index in [2.05, 4.69) is 42.1 Å². The summed E-state index contributed by atoms with van der Waals surface area (Å²) in [6, 6.07) is 6.10. The second-order valence-electron chi connectivity index (χ2n) is 8.51. The van der Waals surface area contributed by atoms with Crippen LogP contribution < -0.4 is 10.5 Å². The van der Waals surface area contributed by atoms with E-state index >= 15 is 0 Å². The molecule has 1 aliphatic heterocycles. The van der Waals surface area contributed by atoms with Gasteiger partial charge in [-0.25, -0.2) is 15.0 Å². The van der Waals surface area contributed by atoms with Gasteiger partial charge >= 0.3 is 0 Å². The van der Waals surface area contributed by atoms with Gasteiger partial charge in [0.15, 0.2) is 29.0 Å². The van der Waals surface area contributed by atoms with E-state index in [1.807, 2.05) is 6.07 Å². The molecular formula is C21H18N8O3. The highest BCUT2D eigenvalue weighted by Crippen LogP contribution is 2.58. The topological polar surface area (TPSA) is 121 Å². The van der Waals surface area contributed by atoms with Crippen molar-refractivity contribution in [2.45, 2.75) is 12.5 Å². The molecule has 4 aromatic heterocycles. The molecule has 5 heterocycles. The Morgan fingerprint density at radius 3 is 2.84 bits per heavy atom. The number of aromatic nitrogens is 7. The molecular weight excluding hydrogens is 412 g/mol. The molecule has 1 saturated carbocycles. The van der Waals surface area contributed by atoms with Crippen LogP contribution in [0.2, 0.25) is 0 Å². The molecule has 1 aliphatic carbocycles. The van der Waals surface area contributed by atoms with Gasteiger partial charge in [0.1, 0.15) is 18.4 Å². The summed E-state index contributed by atoms with van der Waals surface area (Å²) in [6.45, 7) is 2.08. The Bertz CT molecular complexity index is 1530. The highest BCUT2D eigenvalue weighted by atomic mass is 16.5. The monoisotopic (exact) mass is 430 g/mol. The minimum Gasteiger partial charge on any atom is -0.443 e. The van der Waals surface area contributed by atoms with E-state index in [0.29, 0.717) is 34.8 Å². The van der Waals surface area contributed by atoms with E-state index in [9.17, 15) is 4.79 Å². The largest absolute Gasteiger partial charge is 0.443 e. The Labute approximate surface area is 180 Å². The number of imidazole rings is 1. The number of oxazole rings is 1. The molecule has 11 nitrogen and oxygen atoms in total. The third-order valence-electron chi connectivity index (χ3n) is 6.66. The normalized spacial score (nSPS) is 22.2. The zero-order chi connectivity index (χ0) is 21.4. The number of fused-ring (bicyclic) bond motifs is 3. The fourth-order valence-corrected chi connectivity index (χ4v) is 4.96. The molecule has 0 radical (unpaired) electrons. The van der Waals surface area contributed by atoms with Crippen LogP contribution in [-0.2, 0) is 13.6 Å². The number of rotatable bonds is 4. The van der Waals surface area contributed by atoms with E-state index in [1.54, 1.807) is 17.9 Å². The van der Waals surface area contributed by atoms with E-state index in [-0.39, 0.29) is 12.1 Å². The molecule has 0 amide bonds. The fourth-order valence-electron chi connectivity index (χ4n) is 4.96. The SMILES string of the molecule is Cn1cnc2ncn(Cc3nc([C@H]4[C@@H]5CN(c6ccc7ocnc7c6)C[C@@H]54)no3)c(=O)c21. The predicted octanol–water partition coefficient (Wildman–Crippen LogP) is 1.55. The van der Waals surface area contributed by atoms with Crippen LogP contribution in [0.1, 0.15) is 17.6 Å². The summed E-state index contributed by atoms with van der Waals surface area (Å²) >= 11 is 0. The van der Waals surface area contributed by atoms with Gasteiger partial charge in [-0.15, -0.1) is 0 Å². The number of hydrogen-bond donors (Lipinski definition) is 0. The summed E-state index contributed by atoms with van der Waals surface area (Å²) in [5.41, 5.74) is 3.52. The van der Waals surface area contributed by atoms with Crippen LogP contribution in [0.5, 0.6) is 0 Å². The molecule has 2 fully saturated rings. The van der Waals surface area contributed by atoms with E-state index < -0.39 is 0 Å². The molecule has 5 aromatic rings. The highest BCUT2D eigenvalue weighted by molar-refractivity contribution is 5.77. The Morgan fingerprint density at radius 2 is 1.97 bits per heavy atom. The second kappa shape index (κ2) is 6.25. The van der Waals surface area contributed by atoms with Crippen molar-refractivity contribution >= 4 is 28.0 Å². The van der Waals surface area contributed by atoms with E-state index in [0.717, 1.165) is 35.7 Å². The smallest absolute Gasteiger partial charge is 0.280 e. The van der Waals surface area contributed by atoms with Gasteiger partial charge in [0, 0.05) is 31.7 Å². The first kappa shape index (κ1) is 17.6. The van der Waals surface area contributed by atoms with Crippen molar-refractivity contribution in [2.75, 3.05) is 18.0 Å². The van der Waals surface area contributed by atoms with Crippen LogP contribution in [0.15, 0.2) is 51.0 Å². The maximum absolute atomic E-state index is 12.7. The first-order valence-electron chi connectivity index (χ1n) is 10.4. The second-order valence-corrected chi connectivity index (χ2v) is 8.51. The molecule has 0 N–H and O–H groups in total. The van der Waals surface area contributed by atoms with Crippen LogP contribution in [0.4, 0.5) is 5.69 Å². The number of piperidine rings is 1. The Kier molecular flexibility index (Phi) is 3.45. The lowest BCUT2D eigenvalue weighted by Crippen LogP contribution is -2.23. The summed E-state index contributed by atoms with van der Waals surface area (Å²) in [7, 11) is 1.77. The van der Waals surface area contributed by atoms with Crippen molar-refractivity contribution < 1.29 is 8.94 Å². The van der Waals surface area contributed by atoms with Crippen LogP contribution in [0.3, 0.4) is 0 Å². The summed E-state index contributed by atoms with van der Waals surface area (Å²) in [5, 5.41) is 4.21.